The average Bonchev–Trinajstić information content (AvgIpc) is 3.02. The summed E-state index contributed by atoms with van der Waals surface area (Å²) in [5, 5.41) is 10.4. The van der Waals surface area contributed by atoms with E-state index in [4.69, 9.17) is 4.99 Å². The van der Waals surface area contributed by atoms with Crippen LogP contribution in [-0.2, 0) is 5.54 Å². The molecule has 5 heterocycles. The first-order chi connectivity index (χ1) is 13.2. The molecular formula is C20H21N7. The van der Waals surface area contributed by atoms with Crippen molar-refractivity contribution in [1.29, 1.82) is 0 Å². The van der Waals surface area contributed by atoms with Crippen molar-refractivity contribution in [1.82, 2.24) is 20.6 Å². The highest BCUT2D eigenvalue weighted by Gasteiger charge is 2.61. The summed E-state index contributed by atoms with van der Waals surface area (Å²) < 4.78 is 0. The predicted molar refractivity (Wildman–Crippen MR) is 107 cm³/mol. The molecule has 3 aliphatic rings. The lowest BCUT2D eigenvalue weighted by atomic mass is 9.65. The van der Waals surface area contributed by atoms with Gasteiger partial charge >= 0.3 is 0 Å². The number of nitrogens with one attached hydrogen (secondary N) is 3. The number of anilines is 2. The molecule has 0 radical (unpaired) electrons. The van der Waals surface area contributed by atoms with Crippen LogP contribution in [0.15, 0.2) is 66.2 Å². The highest BCUT2D eigenvalue weighted by Crippen LogP contribution is 2.55. The first-order valence-electron chi connectivity index (χ1n) is 8.95. The van der Waals surface area contributed by atoms with Crippen molar-refractivity contribution in [2.45, 2.75) is 17.1 Å². The van der Waals surface area contributed by atoms with Crippen molar-refractivity contribution in [3.63, 3.8) is 0 Å². The van der Waals surface area contributed by atoms with Gasteiger partial charge in [0.15, 0.2) is 0 Å². The largest absolute Gasteiger partial charge is 0.381 e. The van der Waals surface area contributed by atoms with Gasteiger partial charge in [-0.25, -0.2) is 9.97 Å². The van der Waals surface area contributed by atoms with E-state index in [1.807, 2.05) is 56.1 Å². The zero-order chi connectivity index (χ0) is 18.5. The minimum atomic E-state index is -0.640. The lowest BCUT2D eigenvalue weighted by Crippen LogP contribution is -2.60. The average molecular weight is 359 g/mol. The number of hydrogen-bond acceptors (Lipinski definition) is 7. The predicted octanol–water partition coefficient (Wildman–Crippen LogP) is 1.91. The molecule has 27 heavy (non-hydrogen) atoms. The fourth-order valence-corrected chi connectivity index (χ4v) is 4.42. The van der Waals surface area contributed by atoms with Crippen molar-refractivity contribution in [3.8, 4) is 0 Å². The van der Waals surface area contributed by atoms with Gasteiger partial charge in [0, 0.05) is 43.8 Å². The van der Waals surface area contributed by atoms with Crippen LogP contribution >= 0.6 is 0 Å². The van der Waals surface area contributed by atoms with Crippen LogP contribution in [0.3, 0.4) is 0 Å². The maximum absolute atomic E-state index is 5.03. The maximum Gasteiger partial charge on any atom is 0.145 e. The van der Waals surface area contributed by atoms with Crippen LogP contribution in [0.25, 0.3) is 0 Å². The zero-order valence-electron chi connectivity index (χ0n) is 15.2. The second kappa shape index (κ2) is 5.57. The second-order valence-electron chi connectivity index (χ2n) is 7.16. The van der Waals surface area contributed by atoms with Gasteiger partial charge in [-0.05, 0) is 30.5 Å². The molecule has 2 aromatic heterocycles. The van der Waals surface area contributed by atoms with Crippen molar-refractivity contribution in [2.75, 3.05) is 24.3 Å². The maximum atomic E-state index is 5.03. The normalized spacial score (nSPS) is 29.5. The Balaban J connectivity index is 1.82. The summed E-state index contributed by atoms with van der Waals surface area (Å²) in [4.78, 5) is 16.3. The Morgan fingerprint density at radius 2 is 1.85 bits per heavy atom. The van der Waals surface area contributed by atoms with Gasteiger partial charge in [0.25, 0.3) is 0 Å². The van der Waals surface area contributed by atoms with Crippen LogP contribution in [0.4, 0.5) is 11.6 Å². The minimum absolute atomic E-state index is 0.132. The van der Waals surface area contributed by atoms with Crippen LogP contribution in [-0.4, -0.2) is 35.9 Å². The van der Waals surface area contributed by atoms with Gasteiger partial charge in [0.05, 0.1) is 12.4 Å². The third kappa shape index (κ3) is 1.99. The topological polar surface area (TPSA) is 77.5 Å². The Kier molecular flexibility index (Phi) is 3.28. The molecule has 0 bridgehead atoms. The standard InChI is InChI=1S/C20H21N7/c1-27(2)18-14(5-3-10-24-18)16-20-15-6-4-9-22-17(15)23-12-8-19(20,7-11-21-16)25-13-26-20/h3-13,16,21H,1-2H3,(H,22,23)(H,25,26). The van der Waals surface area contributed by atoms with Gasteiger partial charge in [-0.2, -0.15) is 0 Å². The molecule has 3 N–H and O–H groups in total. The molecule has 5 rings (SSSR count). The van der Waals surface area contributed by atoms with Gasteiger partial charge in [-0.1, -0.05) is 12.1 Å². The van der Waals surface area contributed by atoms with E-state index >= 15 is 0 Å². The Bertz CT molecular complexity index is 980. The minimum Gasteiger partial charge on any atom is -0.381 e. The molecule has 0 saturated heterocycles. The molecule has 0 aliphatic carbocycles. The third-order valence-electron chi connectivity index (χ3n) is 5.57. The van der Waals surface area contributed by atoms with E-state index < -0.39 is 11.1 Å². The number of fused-ring (bicyclic) bond motifs is 1. The number of pyridine rings is 2. The zero-order valence-corrected chi connectivity index (χ0v) is 15.2. The van der Waals surface area contributed by atoms with E-state index in [0.717, 1.165) is 22.8 Å². The van der Waals surface area contributed by atoms with Crippen molar-refractivity contribution < 1.29 is 0 Å². The van der Waals surface area contributed by atoms with Crippen LogP contribution < -0.4 is 20.9 Å². The fourth-order valence-electron chi connectivity index (χ4n) is 4.42. The van der Waals surface area contributed by atoms with Crippen LogP contribution in [0.5, 0.6) is 0 Å². The third-order valence-corrected chi connectivity index (χ3v) is 5.57. The summed E-state index contributed by atoms with van der Waals surface area (Å²) in [5.41, 5.74) is 0.983. The molecule has 3 atom stereocenters. The number of aliphatic imine (C=N–C) groups is 1. The highest BCUT2D eigenvalue weighted by molar-refractivity contribution is 5.72. The molecule has 3 aliphatic heterocycles. The quantitative estimate of drug-likeness (QED) is 0.760. The molecule has 136 valence electrons. The molecule has 3 unspecified atom stereocenters. The van der Waals surface area contributed by atoms with Crippen molar-refractivity contribution in [3.05, 3.63) is 72.3 Å². The molecule has 7 heteroatoms. The Morgan fingerprint density at radius 3 is 2.74 bits per heavy atom. The smallest absolute Gasteiger partial charge is 0.145 e. The van der Waals surface area contributed by atoms with Gasteiger partial charge in [-0.3, -0.25) is 4.99 Å². The van der Waals surface area contributed by atoms with Crippen molar-refractivity contribution >= 4 is 18.0 Å². The summed E-state index contributed by atoms with van der Waals surface area (Å²) in [6.45, 7) is 0. The van der Waals surface area contributed by atoms with E-state index in [1.54, 1.807) is 6.20 Å². The van der Waals surface area contributed by atoms with E-state index in [1.165, 1.54) is 0 Å². The molecule has 0 amide bonds. The van der Waals surface area contributed by atoms with Gasteiger partial charge in [0.2, 0.25) is 0 Å². The molecule has 0 fully saturated rings. The van der Waals surface area contributed by atoms with E-state index in [2.05, 4.69) is 50.2 Å². The highest BCUT2D eigenvalue weighted by atomic mass is 15.2. The molecule has 0 spiro atoms. The summed E-state index contributed by atoms with van der Waals surface area (Å²) in [6, 6.07) is 8.02. The summed E-state index contributed by atoms with van der Waals surface area (Å²) in [5.74, 6) is 1.73. The SMILES string of the molecule is CN(C)c1ncccc1C1NC=CC23C=CNc4ncccc4C12N=CN3. The van der Waals surface area contributed by atoms with Gasteiger partial charge in [-0.15, -0.1) is 0 Å². The molecule has 0 aromatic carbocycles. The van der Waals surface area contributed by atoms with Gasteiger partial charge < -0.3 is 20.9 Å². The number of aromatic nitrogens is 2. The number of nitrogens with zero attached hydrogens (tertiary/aromatic N) is 4. The first kappa shape index (κ1) is 15.9. The second-order valence-corrected chi connectivity index (χ2v) is 7.16. The molecule has 7 nitrogen and oxygen atoms in total. The Labute approximate surface area is 157 Å². The van der Waals surface area contributed by atoms with Crippen LogP contribution in [0.2, 0.25) is 0 Å². The lowest BCUT2D eigenvalue weighted by molar-refractivity contribution is 0.239. The summed E-state index contributed by atoms with van der Waals surface area (Å²) in [6.07, 6.45) is 13.6. The number of hydrogen-bond donors (Lipinski definition) is 3. The van der Waals surface area contributed by atoms with E-state index in [0.29, 0.717) is 0 Å². The van der Waals surface area contributed by atoms with Crippen LogP contribution in [0, 0.1) is 0 Å². The first-order valence-corrected chi connectivity index (χ1v) is 8.95. The fraction of sp³-hybridized carbons (Fsp3) is 0.250. The number of rotatable bonds is 2. The van der Waals surface area contributed by atoms with E-state index in [-0.39, 0.29) is 6.04 Å². The summed E-state index contributed by atoms with van der Waals surface area (Å²) >= 11 is 0. The van der Waals surface area contributed by atoms with Gasteiger partial charge in [0.1, 0.15) is 22.7 Å². The monoisotopic (exact) mass is 359 g/mol. The van der Waals surface area contributed by atoms with Crippen molar-refractivity contribution in [2.24, 2.45) is 4.99 Å². The lowest BCUT2D eigenvalue weighted by Gasteiger charge is -2.48. The molecule has 0 saturated carbocycles. The van der Waals surface area contributed by atoms with E-state index in [9.17, 15) is 0 Å². The molecular weight excluding hydrogens is 338 g/mol. The Hall–Kier alpha value is -3.35. The molecule has 2 aromatic rings. The summed E-state index contributed by atoms with van der Waals surface area (Å²) in [7, 11) is 4.02. The Morgan fingerprint density at radius 1 is 1.04 bits per heavy atom. The van der Waals surface area contributed by atoms with Crippen LogP contribution in [0.1, 0.15) is 17.2 Å².